The molecule has 108 valence electrons. The topological polar surface area (TPSA) is 58.2 Å². The van der Waals surface area contributed by atoms with Crippen molar-refractivity contribution in [3.63, 3.8) is 0 Å². The molecule has 0 aliphatic carbocycles. The van der Waals surface area contributed by atoms with Crippen molar-refractivity contribution in [2.75, 3.05) is 12.4 Å². The smallest absolute Gasteiger partial charge is 0.240 e. The van der Waals surface area contributed by atoms with Crippen molar-refractivity contribution in [1.82, 2.24) is 4.72 Å². The second-order valence-corrected chi connectivity index (χ2v) is 6.91. The van der Waals surface area contributed by atoms with Gasteiger partial charge >= 0.3 is 0 Å². The van der Waals surface area contributed by atoms with Gasteiger partial charge in [0.25, 0.3) is 0 Å². The summed E-state index contributed by atoms with van der Waals surface area (Å²) >= 11 is 0. The highest BCUT2D eigenvalue weighted by molar-refractivity contribution is 7.89. The maximum Gasteiger partial charge on any atom is 0.240 e. The molecule has 0 aliphatic rings. The third-order valence-corrected chi connectivity index (χ3v) is 4.73. The lowest BCUT2D eigenvalue weighted by Crippen LogP contribution is -2.19. The summed E-state index contributed by atoms with van der Waals surface area (Å²) in [5, 5.41) is 3.39. The molecule has 0 spiro atoms. The van der Waals surface area contributed by atoms with E-state index < -0.39 is 10.0 Å². The van der Waals surface area contributed by atoms with Gasteiger partial charge in [-0.25, -0.2) is 13.1 Å². The Morgan fingerprint density at radius 3 is 2.21 bits per heavy atom. The van der Waals surface area contributed by atoms with Crippen LogP contribution in [-0.2, 0) is 10.0 Å². The maximum absolute atomic E-state index is 11.6. The van der Waals surface area contributed by atoms with Crippen LogP contribution in [0.1, 0.15) is 33.6 Å². The van der Waals surface area contributed by atoms with Gasteiger partial charge in [-0.05, 0) is 50.6 Å². The van der Waals surface area contributed by atoms with Crippen LogP contribution < -0.4 is 10.0 Å². The number of rotatable bonds is 7. The van der Waals surface area contributed by atoms with Crippen molar-refractivity contribution in [3.05, 3.63) is 24.3 Å². The summed E-state index contributed by atoms with van der Waals surface area (Å²) in [5.74, 6) is 0.687. The van der Waals surface area contributed by atoms with E-state index in [2.05, 4.69) is 30.8 Å². The molecule has 0 heterocycles. The Morgan fingerprint density at radius 1 is 1.16 bits per heavy atom. The molecule has 2 unspecified atom stereocenters. The first kappa shape index (κ1) is 16.0. The van der Waals surface area contributed by atoms with E-state index in [9.17, 15) is 8.42 Å². The first-order chi connectivity index (χ1) is 8.89. The Labute approximate surface area is 116 Å². The molecule has 0 fully saturated rings. The standard InChI is InChI=1S/C14H24N2O2S/c1-5-11(2)10-12(3)16-13-6-8-14(9-7-13)19(17,18)15-4/h6-9,11-12,15-16H,5,10H2,1-4H3. The van der Waals surface area contributed by atoms with Crippen molar-refractivity contribution in [3.8, 4) is 0 Å². The van der Waals surface area contributed by atoms with Gasteiger partial charge in [0, 0.05) is 11.7 Å². The molecule has 1 rings (SSSR count). The molecule has 0 aliphatic heterocycles. The van der Waals surface area contributed by atoms with Crippen LogP contribution in [0, 0.1) is 5.92 Å². The highest BCUT2D eigenvalue weighted by Crippen LogP contribution is 2.17. The van der Waals surface area contributed by atoms with Crippen molar-refractivity contribution < 1.29 is 8.42 Å². The molecule has 0 radical (unpaired) electrons. The van der Waals surface area contributed by atoms with E-state index in [0.717, 1.165) is 12.1 Å². The summed E-state index contributed by atoms with van der Waals surface area (Å²) in [7, 11) is -1.93. The molecule has 5 heteroatoms. The largest absolute Gasteiger partial charge is 0.383 e. The molecule has 0 saturated heterocycles. The summed E-state index contributed by atoms with van der Waals surface area (Å²) in [5.41, 5.74) is 0.950. The highest BCUT2D eigenvalue weighted by atomic mass is 32.2. The van der Waals surface area contributed by atoms with E-state index in [4.69, 9.17) is 0 Å². The molecule has 19 heavy (non-hydrogen) atoms. The summed E-state index contributed by atoms with van der Waals surface area (Å²) in [6.45, 7) is 6.57. The number of sulfonamides is 1. The van der Waals surface area contributed by atoms with Crippen LogP contribution in [0.4, 0.5) is 5.69 Å². The molecule has 1 aromatic carbocycles. The van der Waals surface area contributed by atoms with Crippen LogP contribution in [0.25, 0.3) is 0 Å². The minimum atomic E-state index is -3.34. The Hall–Kier alpha value is -1.07. The van der Waals surface area contributed by atoms with E-state index in [1.807, 2.05) is 0 Å². The van der Waals surface area contributed by atoms with Gasteiger partial charge in [0.15, 0.2) is 0 Å². The third-order valence-electron chi connectivity index (χ3n) is 3.30. The van der Waals surface area contributed by atoms with E-state index in [1.54, 1.807) is 24.3 Å². The lowest BCUT2D eigenvalue weighted by molar-refractivity contribution is 0.484. The van der Waals surface area contributed by atoms with Gasteiger partial charge in [-0.1, -0.05) is 20.3 Å². The number of benzene rings is 1. The van der Waals surface area contributed by atoms with Crippen LogP contribution in [0.2, 0.25) is 0 Å². The predicted octanol–water partition coefficient (Wildman–Crippen LogP) is 2.83. The molecule has 1 aromatic rings. The lowest BCUT2D eigenvalue weighted by atomic mass is 10.0. The van der Waals surface area contributed by atoms with E-state index in [0.29, 0.717) is 12.0 Å². The molecular weight excluding hydrogens is 260 g/mol. The van der Waals surface area contributed by atoms with Crippen LogP contribution >= 0.6 is 0 Å². The fourth-order valence-electron chi connectivity index (χ4n) is 1.96. The molecule has 0 amide bonds. The fourth-order valence-corrected chi connectivity index (χ4v) is 2.69. The molecule has 4 nitrogen and oxygen atoms in total. The first-order valence-corrected chi connectivity index (χ1v) is 8.17. The molecule has 0 aromatic heterocycles. The second-order valence-electron chi connectivity index (χ2n) is 5.03. The summed E-state index contributed by atoms with van der Waals surface area (Å²) in [4.78, 5) is 0.287. The Morgan fingerprint density at radius 2 is 1.74 bits per heavy atom. The lowest BCUT2D eigenvalue weighted by Gasteiger charge is -2.18. The van der Waals surface area contributed by atoms with Crippen LogP contribution in [-0.4, -0.2) is 21.5 Å². The van der Waals surface area contributed by atoms with Crippen LogP contribution in [0.3, 0.4) is 0 Å². The van der Waals surface area contributed by atoms with E-state index >= 15 is 0 Å². The van der Waals surface area contributed by atoms with Gasteiger partial charge in [0.2, 0.25) is 10.0 Å². The fraction of sp³-hybridized carbons (Fsp3) is 0.571. The van der Waals surface area contributed by atoms with Gasteiger partial charge in [0.1, 0.15) is 0 Å². The van der Waals surface area contributed by atoms with Gasteiger partial charge in [0.05, 0.1) is 4.90 Å². The Bertz CT molecular complexity index is 483. The first-order valence-electron chi connectivity index (χ1n) is 6.69. The SMILES string of the molecule is CCC(C)CC(C)Nc1ccc(S(=O)(=O)NC)cc1. The van der Waals surface area contributed by atoms with Crippen molar-refractivity contribution in [1.29, 1.82) is 0 Å². The maximum atomic E-state index is 11.6. The third kappa shape index (κ3) is 4.84. The number of anilines is 1. The minimum absolute atomic E-state index is 0.287. The molecule has 0 saturated carbocycles. The molecular formula is C14H24N2O2S. The zero-order valence-electron chi connectivity index (χ0n) is 12.1. The Balaban J connectivity index is 2.67. The molecule has 0 bridgehead atoms. The Kier molecular flexibility index (Phi) is 5.82. The zero-order valence-corrected chi connectivity index (χ0v) is 12.9. The van der Waals surface area contributed by atoms with Crippen LogP contribution in [0.5, 0.6) is 0 Å². The van der Waals surface area contributed by atoms with Gasteiger partial charge in [-0.15, -0.1) is 0 Å². The average Bonchev–Trinajstić information content (AvgIpc) is 2.39. The van der Waals surface area contributed by atoms with E-state index in [1.165, 1.54) is 13.5 Å². The van der Waals surface area contributed by atoms with E-state index in [-0.39, 0.29) is 4.90 Å². The quantitative estimate of drug-likeness (QED) is 0.809. The van der Waals surface area contributed by atoms with Crippen molar-refractivity contribution in [2.24, 2.45) is 5.92 Å². The van der Waals surface area contributed by atoms with Gasteiger partial charge in [-0.3, -0.25) is 0 Å². The summed E-state index contributed by atoms with van der Waals surface area (Å²) < 4.78 is 25.5. The van der Waals surface area contributed by atoms with Crippen LogP contribution in [0.15, 0.2) is 29.2 Å². The predicted molar refractivity (Wildman–Crippen MR) is 79.8 cm³/mol. The highest BCUT2D eigenvalue weighted by Gasteiger charge is 2.11. The van der Waals surface area contributed by atoms with Crippen molar-refractivity contribution >= 4 is 15.7 Å². The number of hydrogen-bond acceptors (Lipinski definition) is 3. The van der Waals surface area contributed by atoms with Gasteiger partial charge in [-0.2, -0.15) is 0 Å². The average molecular weight is 284 g/mol. The normalized spacial score (nSPS) is 14.9. The van der Waals surface area contributed by atoms with Crippen molar-refractivity contribution in [2.45, 2.75) is 44.6 Å². The number of hydrogen-bond donors (Lipinski definition) is 2. The monoisotopic (exact) mass is 284 g/mol. The second kappa shape index (κ2) is 6.91. The summed E-state index contributed by atoms with van der Waals surface area (Å²) in [6, 6.07) is 7.21. The number of nitrogens with one attached hydrogen (secondary N) is 2. The molecule has 2 N–H and O–H groups in total. The summed E-state index contributed by atoms with van der Waals surface area (Å²) in [6.07, 6.45) is 2.28. The van der Waals surface area contributed by atoms with Gasteiger partial charge < -0.3 is 5.32 Å². The molecule has 2 atom stereocenters. The minimum Gasteiger partial charge on any atom is -0.383 e. The zero-order chi connectivity index (χ0) is 14.5.